The highest BCUT2D eigenvalue weighted by Crippen LogP contribution is 2.24. The van der Waals surface area contributed by atoms with Crippen LogP contribution in [0.1, 0.15) is 35.3 Å². The summed E-state index contributed by atoms with van der Waals surface area (Å²) in [5.41, 5.74) is 2.32. The molecule has 0 aliphatic rings. The summed E-state index contributed by atoms with van der Waals surface area (Å²) >= 11 is 0. The molecule has 0 aromatic heterocycles. The van der Waals surface area contributed by atoms with Crippen LogP contribution in [0.3, 0.4) is 0 Å². The monoisotopic (exact) mass is 497 g/mol. The van der Waals surface area contributed by atoms with Gasteiger partial charge in [0.1, 0.15) is 11.9 Å². The molecule has 7 nitrogen and oxygen atoms in total. The van der Waals surface area contributed by atoms with Gasteiger partial charge in [0.2, 0.25) is 5.91 Å². The van der Waals surface area contributed by atoms with Gasteiger partial charge in [-0.3, -0.25) is 14.3 Å². The molecule has 3 aromatic carbocycles. The van der Waals surface area contributed by atoms with Gasteiger partial charge in [-0.05, 0) is 67.3 Å². The van der Waals surface area contributed by atoms with E-state index in [0.717, 1.165) is 11.1 Å². The van der Waals surface area contributed by atoms with Gasteiger partial charge in [-0.2, -0.15) is 0 Å². The van der Waals surface area contributed by atoms with Crippen LogP contribution in [0.4, 0.5) is 15.8 Å². The minimum atomic E-state index is -3.84. The minimum Gasteiger partial charge on any atom is -0.340 e. The molecule has 0 saturated heterocycles. The van der Waals surface area contributed by atoms with E-state index in [1.54, 1.807) is 13.8 Å². The topological polar surface area (TPSA) is 104 Å². The molecule has 3 rings (SSSR count). The van der Waals surface area contributed by atoms with Gasteiger partial charge in [0, 0.05) is 5.69 Å². The van der Waals surface area contributed by atoms with Gasteiger partial charge in [-0.15, -0.1) is 0 Å². The summed E-state index contributed by atoms with van der Waals surface area (Å²) < 4.78 is 42.2. The van der Waals surface area contributed by atoms with Crippen molar-refractivity contribution >= 4 is 33.2 Å². The van der Waals surface area contributed by atoms with Gasteiger partial charge in [-0.25, -0.2) is 12.8 Å². The predicted molar refractivity (Wildman–Crippen MR) is 134 cm³/mol. The second-order valence-electron chi connectivity index (χ2n) is 8.56. The number of nitrogens with one attached hydrogen (secondary N) is 3. The second kappa shape index (κ2) is 10.7. The van der Waals surface area contributed by atoms with E-state index in [2.05, 4.69) is 15.4 Å². The Morgan fingerprint density at radius 2 is 1.46 bits per heavy atom. The Morgan fingerprint density at radius 3 is 2.03 bits per heavy atom. The molecule has 1 unspecified atom stereocenters. The number of rotatable bonds is 8. The van der Waals surface area contributed by atoms with Crippen LogP contribution < -0.4 is 15.4 Å². The molecule has 0 aliphatic carbocycles. The van der Waals surface area contributed by atoms with Crippen molar-refractivity contribution in [3.05, 3.63) is 89.2 Å². The third-order valence-electron chi connectivity index (χ3n) is 5.50. The Labute approximate surface area is 204 Å². The molecule has 0 fully saturated rings. The molecule has 3 N–H and O–H groups in total. The number of benzene rings is 3. The Morgan fingerprint density at radius 1 is 0.857 bits per heavy atom. The van der Waals surface area contributed by atoms with Crippen molar-refractivity contribution in [2.75, 3.05) is 10.0 Å². The van der Waals surface area contributed by atoms with E-state index >= 15 is 0 Å². The van der Waals surface area contributed by atoms with Crippen molar-refractivity contribution in [1.82, 2.24) is 5.32 Å². The first kappa shape index (κ1) is 25.9. The maximum atomic E-state index is 13.9. The largest absolute Gasteiger partial charge is 0.340 e. The van der Waals surface area contributed by atoms with Crippen molar-refractivity contribution < 1.29 is 22.4 Å². The van der Waals surface area contributed by atoms with E-state index < -0.39 is 33.7 Å². The van der Waals surface area contributed by atoms with Gasteiger partial charge >= 0.3 is 0 Å². The van der Waals surface area contributed by atoms with Crippen molar-refractivity contribution in [2.24, 2.45) is 5.92 Å². The highest BCUT2D eigenvalue weighted by atomic mass is 32.2. The molecule has 0 aliphatic heterocycles. The number of para-hydroxylation sites is 1. The Hall–Kier alpha value is -3.72. The SMILES string of the molecule is Cc1cccc(C)c1NS(=O)(=O)c1ccc(NC(=O)C(NC(=O)c2ccccc2F)C(C)C)cc1. The number of hydrogen-bond acceptors (Lipinski definition) is 4. The van der Waals surface area contributed by atoms with Crippen LogP contribution in [0, 0.1) is 25.6 Å². The lowest BCUT2D eigenvalue weighted by atomic mass is 10.0. The average Bonchev–Trinajstić information content (AvgIpc) is 2.80. The molecular formula is C26H28FN3O4S. The first-order valence-corrected chi connectivity index (χ1v) is 12.5. The molecule has 9 heteroatoms. The summed E-state index contributed by atoms with van der Waals surface area (Å²) in [6.45, 7) is 7.14. The van der Waals surface area contributed by atoms with Crippen molar-refractivity contribution in [3.8, 4) is 0 Å². The highest BCUT2D eigenvalue weighted by Gasteiger charge is 2.26. The van der Waals surface area contributed by atoms with E-state index in [1.165, 1.54) is 48.5 Å². The molecule has 2 amide bonds. The Kier molecular flexibility index (Phi) is 7.91. The zero-order valence-electron chi connectivity index (χ0n) is 19.9. The van der Waals surface area contributed by atoms with Gasteiger partial charge in [0.05, 0.1) is 16.1 Å². The summed E-state index contributed by atoms with van der Waals surface area (Å²) in [5.74, 6) is -2.17. The second-order valence-corrected chi connectivity index (χ2v) is 10.2. The Balaban J connectivity index is 1.72. The van der Waals surface area contributed by atoms with Crippen molar-refractivity contribution in [2.45, 2.75) is 38.6 Å². The predicted octanol–water partition coefficient (Wildman–Crippen LogP) is 4.64. The summed E-state index contributed by atoms with van der Waals surface area (Å²) in [6.07, 6.45) is 0. The third kappa shape index (κ3) is 6.24. The number of anilines is 2. The number of amides is 2. The van der Waals surface area contributed by atoms with Gasteiger partial charge in [-0.1, -0.05) is 44.2 Å². The summed E-state index contributed by atoms with van der Waals surface area (Å²) in [4.78, 5) is 25.4. The molecule has 184 valence electrons. The highest BCUT2D eigenvalue weighted by molar-refractivity contribution is 7.92. The quantitative estimate of drug-likeness (QED) is 0.422. The molecule has 0 heterocycles. The lowest BCUT2D eigenvalue weighted by molar-refractivity contribution is -0.118. The number of sulfonamides is 1. The van der Waals surface area contributed by atoms with Crippen molar-refractivity contribution in [3.63, 3.8) is 0 Å². The number of carbonyl (C=O) groups is 2. The van der Waals surface area contributed by atoms with E-state index in [4.69, 9.17) is 0 Å². The van der Waals surface area contributed by atoms with E-state index in [-0.39, 0.29) is 16.4 Å². The van der Waals surface area contributed by atoms with Crippen LogP contribution in [0.2, 0.25) is 0 Å². The molecular weight excluding hydrogens is 469 g/mol. The Bertz CT molecular complexity index is 1320. The van der Waals surface area contributed by atoms with Crippen LogP contribution in [0.15, 0.2) is 71.6 Å². The normalized spacial score (nSPS) is 12.2. The average molecular weight is 498 g/mol. The number of carbonyl (C=O) groups excluding carboxylic acids is 2. The van der Waals surface area contributed by atoms with E-state index in [9.17, 15) is 22.4 Å². The summed E-state index contributed by atoms with van der Waals surface area (Å²) in [7, 11) is -3.84. The number of aryl methyl sites for hydroxylation is 2. The fourth-order valence-corrected chi connectivity index (χ4v) is 4.71. The molecule has 0 saturated carbocycles. The van der Waals surface area contributed by atoms with Crippen molar-refractivity contribution in [1.29, 1.82) is 0 Å². The van der Waals surface area contributed by atoms with Crippen LogP contribution in [0.25, 0.3) is 0 Å². The minimum absolute atomic E-state index is 0.0337. The van der Waals surface area contributed by atoms with Crippen LogP contribution in [-0.4, -0.2) is 26.3 Å². The number of hydrogen-bond donors (Lipinski definition) is 3. The van der Waals surface area contributed by atoms with Gasteiger partial charge < -0.3 is 10.6 Å². The molecule has 1 atom stereocenters. The summed E-state index contributed by atoms with van der Waals surface area (Å²) in [6, 6.07) is 15.8. The molecule has 0 radical (unpaired) electrons. The van der Waals surface area contributed by atoms with Gasteiger partial charge in [0.25, 0.3) is 15.9 Å². The third-order valence-corrected chi connectivity index (χ3v) is 6.87. The van der Waals surface area contributed by atoms with Crippen LogP contribution in [0.5, 0.6) is 0 Å². The fourth-order valence-electron chi connectivity index (χ4n) is 3.51. The molecule has 0 bridgehead atoms. The van der Waals surface area contributed by atoms with Gasteiger partial charge in [0.15, 0.2) is 0 Å². The molecule has 3 aromatic rings. The zero-order valence-corrected chi connectivity index (χ0v) is 20.7. The zero-order chi connectivity index (χ0) is 25.8. The standard InChI is InChI=1S/C26H28FN3O4S/c1-16(2)23(29-25(31)21-10-5-6-11-22(21)27)26(32)28-19-12-14-20(15-13-19)35(33,34)30-24-17(3)8-7-9-18(24)4/h5-16,23,30H,1-4H3,(H,28,32)(H,29,31). The number of halogens is 1. The van der Waals surface area contributed by atoms with Crippen LogP contribution >= 0.6 is 0 Å². The first-order valence-electron chi connectivity index (χ1n) is 11.0. The maximum Gasteiger partial charge on any atom is 0.261 e. The lowest BCUT2D eigenvalue weighted by Crippen LogP contribution is -2.47. The van der Waals surface area contributed by atoms with E-state index in [0.29, 0.717) is 11.4 Å². The fraction of sp³-hybridized carbons (Fsp3) is 0.231. The van der Waals surface area contributed by atoms with E-state index in [1.807, 2.05) is 32.0 Å². The maximum absolute atomic E-state index is 13.9. The smallest absolute Gasteiger partial charge is 0.261 e. The lowest BCUT2D eigenvalue weighted by Gasteiger charge is -2.22. The first-order chi connectivity index (χ1) is 16.5. The molecule has 0 spiro atoms. The van der Waals surface area contributed by atoms with Crippen LogP contribution in [-0.2, 0) is 14.8 Å². The molecule has 35 heavy (non-hydrogen) atoms. The summed E-state index contributed by atoms with van der Waals surface area (Å²) in [5, 5.41) is 5.25.